The van der Waals surface area contributed by atoms with E-state index in [0.29, 0.717) is 6.54 Å². The fourth-order valence-corrected chi connectivity index (χ4v) is 2.56. The van der Waals surface area contributed by atoms with E-state index in [1.807, 2.05) is 28.9 Å². The summed E-state index contributed by atoms with van der Waals surface area (Å²) in [4.78, 5) is 6.39. The molecule has 1 saturated carbocycles. The summed E-state index contributed by atoms with van der Waals surface area (Å²) >= 11 is 0. The lowest BCUT2D eigenvalue weighted by atomic mass is 10.3. The molecule has 0 amide bonds. The molecule has 1 aromatic carbocycles. The van der Waals surface area contributed by atoms with Crippen LogP contribution in [0.5, 0.6) is 0 Å². The molecule has 0 aliphatic heterocycles. The van der Waals surface area contributed by atoms with Crippen LogP contribution >= 0.6 is 0 Å². The Hall–Kier alpha value is -2.24. The second kappa shape index (κ2) is 4.95. The molecule has 0 bridgehead atoms. The summed E-state index contributed by atoms with van der Waals surface area (Å²) in [6, 6.07) is 7.90. The van der Waals surface area contributed by atoms with Gasteiger partial charge in [-0.2, -0.15) is 20.1 Å². The molecule has 3 aromatic rings. The summed E-state index contributed by atoms with van der Waals surface area (Å²) in [5.41, 5.74) is 1.83. The molecule has 0 atom stereocenters. The quantitative estimate of drug-likeness (QED) is 0.718. The van der Waals surface area contributed by atoms with Crippen LogP contribution in [-0.4, -0.2) is 29.8 Å². The normalized spacial score (nSPS) is 14.9. The van der Waals surface area contributed by atoms with Crippen LogP contribution in [-0.2, 0) is 19.5 Å². The van der Waals surface area contributed by atoms with E-state index in [9.17, 15) is 0 Å². The molecule has 0 saturated heterocycles. The van der Waals surface area contributed by atoms with Crippen LogP contribution in [0.1, 0.15) is 31.4 Å². The van der Waals surface area contributed by atoms with Crippen molar-refractivity contribution in [2.45, 2.75) is 39.3 Å². The zero-order valence-electron chi connectivity index (χ0n) is 12.1. The van der Waals surface area contributed by atoms with Gasteiger partial charge in [0, 0.05) is 13.0 Å². The molecule has 1 fully saturated rings. The summed E-state index contributed by atoms with van der Waals surface area (Å²) in [5, 5.41) is 13.6. The van der Waals surface area contributed by atoms with Gasteiger partial charge in [-0.1, -0.05) is 12.1 Å². The first-order chi connectivity index (χ1) is 10.3. The molecule has 108 valence electrons. The average Bonchev–Trinajstić information content (AvgIpc) is 3.08. The lowest BCUT2D eigenvalue weighted by Crippen LogP contribution is -2.11. The van der Waals surface area contributed by atoms with Crippen molar-refractivity contribution < 1.29 is 0 Å². The molecule has 6 nitrogen and oxygen atoms in total. The third-order valence-corrected chi connectivity index (χ3v) is 3.87. The summed E-state index contributed by atoms with van der Waals surface area (Å²) in [6.07, 6.45) is 3.65. The Labute approximate surface area is 122 Å². The van der Waals surface area contributed by atoms with Crippen LogP contribution in [0.2, 0.25) is 0 Å². The highest BCUT2D eigenvalue weighted by molar-refractivity contribution is 5.72. The average molecular weight is 282 g/mol. The van der Waals surface area contributed by atoms with Crippen LogP contribution in [0.3, 0.4) is 0 Å². The molecule has 0 spiro atoms. The third-order valence-electron chi connectivity index (χ3n) is 3.87. The van der Waals surface area contributed by atoms with Gasteiger partial charge in [-0.05, 0) is 37.8 Å². The van der Waals surface area contributed by atoms with Gasteiger partial charge in [0.25, 0.3) is 0 Å². The smallest absolute Gasteiger partial charge is 0.151 e. The van der Waals surface area contributed by atoms with E-state index in [0.717, 1.165) is 41.6 Å². The predicted molar refractivity (Wildman–Crippen MR) is 78.8 cm³/mol. The Kier molecular flexibility index (Phi) is 2.94. The van der Waals surface area contributed by atoms with Gasteiger partial charge in [-0.3, -0.25) is 0 Å². The van der Waals surface area contributed by atoms with Crippen molar-refractivity contribution in [2.24, 2.45) is 5.92 Å². The van der Waals surface area contributed by atoms with E-state index in [-0.39, 0.29) is 0 Å². The number of fused-ring (bicyclic) bond motifs is 1. The number of nitrogens with zero attached hydrogens (tertiary/aromatic N) is 6. The Balaban J connectivity index is 1.61. The van der Waals surface area contributed by atoms with Crippen molar-refractivity contribution in [3.63, 3.8) is 0 Å². The van der Waals surface area contributed by atoms with Crippen molar-refractivity contribution in [3.05, 3.63) is 35.9 Å². The van der Waals surface area contributed by atoms with Crippen molar-refractivity contribution in [1.29, 1.82) is 0 Å². The zero-order chi connectivity index (χ0) is 14.2. The van der Waals surface area contributed by atoms with Crippen molar-refractivity contribution in [2.75, 3.05) is 0 Å². The van der Waals surface area contributed by atoms with Gasteiger partial charge < -0.3 is 0 Å². The summed E-state index contributed by atoms with van der Waals surface area (Å²) in [5.74, 6) is 2.70. The van der Waals surface area contributed by atoms with Gasteiger partial charge in [0.15, 0.2) is 11.6 Å². The molecule has 2 aromatic heterocycles. The first kappa shape index (κ1) is 12.5. The number of hydrogen-bond acceptors (Lipinski definition) is 4. The third kappa shape index (κ3) is 2.53. The second-order valence-electron chi connectivity index (χ2n) is 5.63. The maximum Gasteiger partial charge on any atom is 0.151 e. The molecule has 6 heteroatoms. The number of aromatic nitrogens is 6. The Morgan fingerprint density at radius 1 is 1.10 bits per heavy atom. The van der Waals surface area contributed by atoms with Crippen LogP contribution in [0.15, 0.2) is 24.3 Å². The molecular weight excluding hydrogens is 264 g/mol. The fourth-order valence-electron chi connectivity index (χ4n) is 2.56. The van der Waals surface area contributed by atoms with Crippen molar-refractivity contribution in [3.8, 4) is 0 Å². The summed E-state index contributed by atoms with van der Waals surface area (Å²) < 4.78 is 1.96. The number of aryl methyl sites for hydroxylation is 1. The monoisotopic (exact) mass is 282 g/mol. The highest BCUT2D eigenvalue weighted by Crippen LogP contribution is 2.31. The van der Waals surface area contributed by atoms with Crippen LogP contribution in [0, 0.1) is 5.92 Å². The van der Waals surface area contributed by atoms with E-state index in [1.165, 1.54) is 12.8 Å². The van der Waals surface area contributed by atoms with E-state index in [1.54, 1.807) is 4.80 Å². The molecule has 21 heavy (non-hydrogen) atoms. The molecule has 0 N–H and O–H groups in total. The van der Waals surface area contributed by atoms with Gasteiger partial charge in [-0.25, -0.2) is 9.67 Å². The van der Waals surface area contributed by atoms with Gasteiger partial charge in [-0.15, -0.1) is 0 Å². The maximum atomic E-state index is 4.68. The topological polar surface area (TPSA) is 61.4 Å². The van der Waals surface area contributed by atoms with Crippen LogP contribution in [0.25, 0.3) is 11.0 Å². The van der Waals surface area contributed by atoms with Crippen molar-refractivity contribution in [1.82, 2.24) is 29.8 Å². The highest BCUT2D eigenvalue weighted by Gasteiger charge is 2.24. The standard InChI is InChI=1S/C15H18N6/c1-2-20-15(16-14(19-20)9-11-7-8-11)10-21-17-12-5-3-4-6-13(12)18-21/h3-6,11H,2,7-10H2,1H3. The predicted octanol–water partition coefficient (Wildman–Crippen LogP) is 2.04. The van der Waals surface area contributed by atoms with Gasteiger partial charge in [0.1, 0.15) is 17.6 Å². The van der Waals surface area contributed by atoms with E-state index >= 15 is 0 Å². The lowest BCUT2D eigenvalue weighted by molar-refractivity contribution is 0.530. The molecular formula is C15H18N6. The zero-order valence-corrected chi connectivity index (χ0v) is 12.1. The van der Waals surface area contributed by atoms with Crippen LogP contribution < -0.4 is 0 Å². The molecule has 1 aliphatic carbocycles. The Morgan fingerprint density at radius 2 is 1.81 bits per heavy atom. The number of rotatable bonds is 5. The summed E-state index contributed by atoms with van der Waals surface area (Å²) in [6.45, 7) is 3.49. The van der Waals surface area contributed by atoms with Gasteiger partial charge in [0.05, 0.1) is 0 Å². The SMILES string of the molecule is CCn1nc(CC2CC2)nc1Cn1nc2ccccc2n1. The van der Waals surface area contributed by atoms with Crippen LogP contribution in [0.4, 0.5) is 0 Å². The lowest BCUT2D eigenvalue weighted by Gasteiger charge is -2.01. The Bertz CT molecular complexity index is 734. The van der Waals surface area contributed by atoms with Crippen molar-refractivity contribution >= 4 is 11.0 Å². The molecule has 0 radical (unpaired) electrons. The molecule has 2 heterocycles. The van der Waals surface area contributed by atoms with E-state index in [2.05, 4.69) is 27.2 Å². The molecule has 1 aliphatic rings. The minimum atomic E-state index is 0.570. The highest BCUT2D eigenvalue weighted by atomic mass is 15.5. The molecule has 0 unspecified atom stereocenters. The fraction of sp³-hybridized carbons (Fsp3) is 0.467. The maximum absolute atomic E-state index is 4.68. The Morgan fingerprint density at radius 3 is 2.43 bits per heavy atom. The first-order valence-corrected chi connectivity index (χ1v) is 7.54. The van der Waals surface area contributed by atoms with E-state index in [4.69, 9.17) is 0 Å². The second-order valence-corrected chi connectivity index (χ2v) is 5.63. The summed E-state index contributed by atoms with van der Waals surface area (Å²) in [7, 11) is 0. The number of benzene rings is 1. The first-order valence-electron chi connectivity index (χ1n) is 7.54. The minimum absolute atomic E-state index is 0.570. The van der Waals surface area contributed by atoms with Gasteiger partial charge >= 0.3 is 0 Å². The largest absolute Gasteiger partial charge is 0.248 e. The molecule has 4 rings (SSSR count). The van der Waals surface area contributed by atoms with E-state index < -0.39 is 0 Å². The minimum Gasteiger partial charge on any atom is -0.248 e. The van der Waals surface area contributed by atoms with Gasteiger partial charge in [0.2, 0.25) is 0 Å². The number of hydrogen-bond donors (Lipinski definition) is 0.